The Hall–Kier alpha value is -2.45. The molecule has 0 spiro atoms. The van der Waals surface area contributed by atoms with Crippen molar-refractivity contribution in [3.05, 3.63) is 28.7 Å². The molecule has 9 nitrogen and oxygen atoms in total. The highest BCUT2D eigenvalue weighted by Gasteiger charge is 2.04. The molecule has 1 heterocycles. The Morgan fingerprint density at radius 2 is 2.39 bits per heavy atom. The third kappa shape index (κ3) is 4.60. The molecule has 0 aliphatic carbocycles. The zero-order valence-electron chi connectivity index (χ0n) is 10.2. The van der Waals surface area contributed by atoms with Gasteiger partial charge in [-0.25, -0.2) is 15.1 Å². The summed E-state index contributed by atoms with van der Waals surface area (Å²) in [4.78, 5) is 20.2. The first kappa shape index (κ1) is 13.6. The van der Waals surface area contributed by atoms with E-state index < -0.39 is 5.03 Å². The number of hydrogen-bond donors (Lipinski definition) is 2. The van der Waals surface area contributed by atoms with Crippen molar-refractivity contribution in [1.82, 2.24) is 20.6 Å². The van der Waals surface area contributed by atoms with Crippen LogP contribution >= 0.6 is 0 Å². The summed E-state index contributed by atoms with van der Waals surface area (Å²) in [5.74, 6) is 0.851. The number of rotatable bonds is 5. The Labute approximate surface area is 104 Å². The molecular weight excluding hydrogens is 238 g/mol. The van der Waals surface area contributed by atoms with E-state index in [0.717, 1.165) is 5.82 Å². The van der Waals surface area contributed by atoms with Gasteiger partial charge in [-0.15, -0.1) is 0 Å². The number of hydrazone groups is 1. The van der Waals surface area contributed by atoms with Crippen molar-refractivity contribution in [2.75, 3.05) is 32.1 Å². The van der Waals surface area contributed by atoms with E-state index in [2.05, 4.69) is 25.7 Å². The lowest BCUT2D eigenvalue weighted by Gasteiger charge is -2.17. The molecule has 1 aromatic rings. The molecule has 0 bridgehead atoms. The summed E-state index contributed by atoms with van der Waals surface area (Å²) < 4.78 is 0. The van der Waals surface area contributed by atoms with Crippen molar-refractivity contribution >= 4 is 11.8 Å². The number of guanidine groups is 1. The molecule has 98 valence electrons. The molecule has 0 amide bonds. The van der Waals surface area contributed by atoms with Gasteiger partial charge in [0, 0.05) is 39.6 Å². The van der Waals surface area contributed by atoms with Crippen LogP contribution in [0, 0.1) is 10.1 Å². The van der Waals surface area contributed by atoms with Gasteiger partial charge < -0.3 is 15.5 Å². The fourth-order valence-electron chi connectivity index (χ4n) is 1.20. The Kier molecular flexibility index (Phi) is 5.29. The molecule has 0 aliphatic heterocycles. The summed E-state index contributed by atoms with van der Waals surface area (Å²) in [7, 11) is 3.41. The summed E-state index contributed by atoms with van der Waals surface area (Å²) >= 11 is 0. The van der Waals surface area contributed by atoms with Crippen molar-refractivity contribution in [1.29, 1.82) is 0 Å². The molecule has 0 saturated heterocycles. The van der Waals surface area contributed by atoms with Crippen molar-refractivity contribution in [2.45, 2.75) is 0 Å². The zero-order valence-corrected chi connectivity index (χ0v) is 10.2. The van der Waals surface area contributed by atoms with Gasteiger partial charge >= 0.3 is 0 Å². The van der Waals surface area contributed by atoms with Gasteiger partial charge in [0.05, 0.1) is 6.20 Å². The Balaban J connectivity index is 2.40. The molecule has 0 radical (unpaired) electrons. The lowest BCUT2D eigenvalue weighted by Crippen LogP contribution is -2.40. The van der Waals surface area contributed by atoms with E-state index in [4.69, 9.17) is 0 Å². The van der Waals surface area contributed by atoms with Crippen molar-refractivity contribution in [2.24, 2.45) is 5.10 Å². The second-order valence-corrected chi connectivity index (χ2v) is 3.35. The number of nitro groups is 1. The van der Waals surface area contributed by atoms with E-state index in [1.807, 2.05) is 11.9 Å². The highest BCUT2D eigenvalue weighted by molar-refractivity contribution is 5.78. The van der Waals surface area contributed by atoms with Crippen LogP contribution in [0.3, 0.4) is 0 Å². The monoisotopic (exact) mass is 253 g/mol. The number of nitrogens with one attached hydrogen (secondary N) is 2. The second kappa shape index (κ2) is 6.99. The van der Waals surface area contributed by atoms with E-state index in [1.54, 1.807) is 25.6 Å². The fourth-order valence-corrected chi connectivity index (χ4v) is 1.20. The van der Waals surface area contributed by atoms with Crippen LogP contribution in [0.5, 0.6) is 0 Å². The normalized spacial score (nSPS) is 10.9. The molecule has 0 aromatic carbocycles. The van der Waals surface area contributed by atoms with Crippen LogP contribution < -0.4 is 15.5 Å². The first-order valence-corrected chi connectivity index (χ1v) is 5.25. The molecule has 1 rings (SSSR count). The van der Waals surface area contributed by atoms with E-state index in [9.17, 15) is 10.1 Å². The molecule has 2 N–H and O–H groups in total. The van der Waals surface area contributed by atoms with Crippen LogP contribution in [0.15, 0.2) is 23.7 Å². The molecule has 9 heteroatoms. The predicted octanol–water partition coefficient (Wildman–Crippen LogP) is -0.730. The van der Waals surface area contributed by atoms with Crippen LogP contribution in [0.2, 0.25) is 0 Å². The molecule has 0 aliphatic rings. The van der Waals surface area contributed by atoms with Crippen LogP contribution in [0.1, 0.15) is 0 Å². The van der Waals surface area contributed by atoms with Gasteiger partial charge in [0.25, 0.3) is 5.96 Å². The summed E-state index contributed by atoms with van der Waals surface area (Å²) in [6, 6.07) is 0. The number of likely N-dealkylation sites (N-methyl/N-ethyl adjacent to an activating group) is 1. The summed E-state index contributed by atoms with van der Waals surface area (Å²) in [6.45, 7) is 1.09. The molecule has 0 fully saturated rings. The number of aromatic nitrogens is 2. The van der Waals surface area contributed by atoms with Gasteiger partial charge in [-0.1, -0.05) is 0 Å². The number of nitrogens with zero attached hydrogens (tertiary/aromatic N) is 5. The summed E-state index contributed by atoms with van der Waals surface area (Å²) in [5, 5.41) is 18.0. The first-order chi connectivity index (χ1) is 8.63. The maximum absolute atomic E-state index is 10.2. The fraction of sp³-hybridized carbons (Fsp3) is 0.444. The third-order valence-corrected chi connectivity index (χ3v) is 2.10. The van der Waals surface area contributed by atoms with E-state index in [-0.39, 0.29) is 5.96 Å². The van der Waals surface area contributed by atoms with Crippen molar-refractivity contribution < 1.29 is 5.03 Å². The lowest BCUT2D eigenvalue weighted by atomic mass is 10.5. The van der Waals surface area contributed by atoms with Crippen LogP contribution in [0.4, 0.5) is 5.82 Å². The van der Waals surface area contributed by atoms with Gasteiger partial charge in [-0.2, -0.15) is 0 Å². The minimum absolute atomic E-state index is 0.118. The lowest BCUT2D eigenvalue weighted by molar-refractivity contribution is -0.485. The average molecular weight is 253 g/mol. The Morgan fingerprint density at radius 1 is 1.61 bits per heavy atom. The third-order valence-electron chi connectivity index (χ3n) is 2.10. The molecule has 0 unspecified atom stereocenters. The number of anilines is 1. The molecule has 0 atom stereocenters. The minimum atomic E-state index is -0.759. The van der Waals surface area contributed by atoms with Gasteiger partial charge in [-0.3, -0.25) is 4.98 Å². The molecule has 18 heavy (non-hydrogen) atoms. The standard InChI is InChI=1S/C9H15N7O2/c1-10-9(14-16(17)18)13-5-6-15(2)8-7-11-3-4-12-8/h3-4,7H,5-6H2,1-2H3,(H2,10,13,14). The molecule has 1 aromatic heterocycles. The first-order valence-electron chi connectivity index (χ1n) is 5.25. The summed E-state index contributed by atoms with van der Waals surface area (Å²) in [5.41, 5.74) is 0. The van der Waals surface area contributed by atoms with Crippen LogP contribution in [-0.4, -0.2) is 48.1 Å². The minimum Gasteiger partial charge on any atom is -0.357 e. The maximum atomic E-state index is 10.2. The molecular formula is C9H15N7O2. The summed E-state index contributed by atoms with van der Waals surface area (Å²) in [6.07, 6.45) is 4.84. The molecule has 0 saturated carbocycles. The number of hydrogen-bond acceptors (Lipinski definition) is 5. The van der Waals surface area contributed by atoms with Crippen LogP contribution in [-0.2, 0) is 0 Å². The van der Waals surface area contributed by atoms with Gasteiger partial charge in [0.15, 0.2) is 5.03 Å². The van der Waals surface area contributed by atoms with E-state index in [1.165, 1.54) is 0 Å². The maximum Gasteiger partial charge on any atom is 0.268 e. The van der Waals surface area contributed by atoms with E-state index >= 15 is 0 Å². The highest BCUT2D eigenvalue weighted by atomic mass is 16.7. The van der Waals surface area contributed by atoms with Gasteiger partial charge in [0.1, 0.15) is 10.9 Å². The average Bonchev–Trinajstić information content (AvgIpc) is 2.38. The smallest absolute Gasteiger partial charge is 0.268 e. The SMILES string of the molecule is CNC(=N[N+](=O)[O-])NCCN(C)c1cnccn1. The second-order valence-electron chi connectivity index (χ2n) is 3.35. The Morgan fingerprint density at radius 3 is 2.94 bits per heavy atom. The van der Waals surface area contributed by atoms with E-state index in [0.29, 0.717) is 13.1 Å². The van der Waals surface area contributed by atoms with Crippen molar-refractivity contribution in [3.63, 3.8) is 0 Å². The van der Waals surface area contributed by atoms with Gasteiger partial charge in [0.2, 0.25) is 0 Å². The highest BCUT2D eigenvalue weighted by Crippen LogP contribution is 2.02. The largest absolute Gasteiger partial charge is 0.357 e. The van der Waals surface area contributed by atoms with Gasteiger partial charge in [-0.05, 0) is 0 Å². The Bertz CT molecular complexity index is 409. The topological polar surface area (TPSA) is 109 Å². The quantitative estimate of drug-likeness (QED) is 0.308. The van der Waals surface area contributed by atoms with Crippen molar-refractivity contribution in [3.8, 4) is 0 Å². The predicted molar refractivity (Wildman–Crippen MR) is 66.8 cm³/mol. The zero-order chi connectivity index (χ0) is 13.4. The van der Waals surface area contributed by atoms with Crippen LogP contribution in [0.25, 0.3) is 0 Å².